The quantitative estimate of drug-likeness (QED) is 0.879. The Morgan fingerprint density at radius 3 is 2.67 bits per heavy atom. The number of carbonyl (C=O) groups excluding carboxylic acids is 2. The third-order valence-electron chi connectivity index (χ3n) is 3.67. The summed E-state index contributed by atoms with van der Waals surface area (Å²) >= 11 is 0. The fraction of sp³-hybridized carbons (Fsp3) is 0.467. The standard InChI is InChI=1S/C15H22N4O2/c1-18(2)15(21)17-12-6-4-5-11(9-12)14(20)19(3)13-7-8-16-10-13/h4-6,9,13,16H,7-8,10H2,1-3H3,(H,17,21). The maximum absolute atomic E-state index is 12.5. The van der Waals surface area contributed by atoms with Gasteiger partial charge in [-0.3, -0.25) is 4.79 Å². The monoisotopic (exact) mass is 290 g/mol. The summed E-state index contributed by atoms with van der Waals surface area (Å²) in [6.07, 6.45) is 0.972. The zero-order chi connectivity index (χ0) is 15.4. The van der Waals surface area contributed by atoms with Gasteiger partial charge in [-0.2, -0.15) is 0 Å². The average Bonchev–Trinajstić information content (AvgIpc) is 3.00. The Hall–Kier alpha value is -2.08. The Morgan fingerprint density at radius 2 is 2.05 bits per heavy atom. The van der Waals surface area contributed by atoms with Gasteiger partial charge in [0.2, 0.25) is 0 Å². The van der Waals surface area contributed by atoms with Gasteiger partial charge in [-0.25, -0.2) is 4.79 Å². The smallest absolute Gasteiger partial charge is 0.321 e. The zero-order valence-electron chi connectivity index (χ0n) is 12.7. The topological polar surface area (TPSA) is 64.7 Å². The number of nitrogens with zero attached hydrogens (tertiary/aromatic N) is 2. The summed E-state index contributed by atoms with van der Waals surface area (Å²) in [5.74, 6) is -0.0235. The summed E-state index contributed by atoms with van der Waals surface area (Å²) in [6.45, 7) is 1.78. The van der Waals surface area contributed by atoms with Gasteiger partial charge in [0.1, 0.15) is 0 Å². The lowest BCUT2D eigenvalue weighted by molar-refractivity contribution is 0.0744. The number of amides is 3. The van der Waals surface area contributed by atoms with Crippen molar-refractivity contribution in [1.82, 2.24) is 15.1 Å². The molecule has 2 N–H and O–H groups in total. The number of hydrogen-bond acceptors (Lipinski definition) is 3. The SMILES string of the molecule is CN(C)C(=O)Nc1cccc(C(=O)N(C)C2CCNC2)c1. The summed E-state index contributed by atoms with van der Waals surface area (Å²) in [6, 6.07) is 7.05. The van der Waals surface area contributed by atoms with Gasteiger partial charge in [-0.1, -0.05) is 6.07 Å². The minimum atomic E-state index is -0.215. The second kappa shape index (κ2) is 6.58. The molecule has 1 aromatic rings. The highest BCUT2D eigenvalue weighted by molar-refractivity contribution is 5.96. The molecule has 0 bridgehead atoms. The van der Waals surface area contributed by atoms with E-state index in [1.54, 1.807) is 43.3 Å². The number of hydrogen-bond donors (Lipinski definition) is 2. The molecule has 6 nitrogen and oxygen atoms in total. The molecule has 1 fully saturated rings. The van der Waals surface area contributed by atoms with E-state index in [0.29, 0.717) is 11.3 Å². The lowest BCUT2D eigenvalue weighted by Crippen LogP contribution is -2.38. The van der Waals surface area contributed by atoms with Gasteiger partial charge >= 0.3 is 6.03 Å². The van der Waals surface area contributed by atoms with Gasteiger partial charge in [-0.05, 0) is 31.2 Å². The van der Waals surface area contributed by atoms with Crippen LogP contribution in [0.3, 0.4) is 0 Å². The van der Waals surface area contributed by atoms with Crippen LogP contribution in [-0.4, -0.2) is 62.0 Å². The third-order valence-corrected chi connectivity index (χ3v) is 3.67. The molecule has 1 aliphatic rings. The van der Waals surface area contributed by atoms with Gasteiger partial charge < -0.3 is 20.4 Å². The highest BCUT2D eigenvalue weighted by atomic mass is 16.2. The molecular formula is C15H22N4O2. The highest BCUT2D eigenvalue weighted by Gasteiger charge is 2.24. The predicted octanol–water partition coefficient (Wildman–Crippen LogP) is 1.21. The Labute approximate surface area is 125 Å². The molecule has 0 spiro atoms. The first-order valence-electron chi connectivity index (χ1n) is 7.05. The van der Waals surface area contributed by atoms with E-state index < -0.39 is 0 Å². The molecule has 114 valence electrons. The molecule has 6 heteroatoms. The van der Waals surface area contributed by atoms with Crippen molar-refractivity contribution in [2.45, 2.75) is 12.5 Å². The fourth-order valence-electron chi connectivity index (χ4n) is 2.30. The van der Waals surface area contributed by atoms with E-state index in [4.69, 9.17) is 0 Å². The van der Waals surface area contributed by atoms with E-state index in [0.717, 1.165) is 19.5 Å². The van der Waals surface area contributed by atoms with Gasteiger partial charge in [0.15, 0.2) is 0 Å². The van der Waals surface area contributed by atoms with Crippen molar-refractivity contribution >= 4 is 17.6 Å². The Balaban J connectivity index is 2.09. The molecule has 1 saturated heterocycles. The van der Waals surface area contributed by atoms with E-state index in [-0.39, 0.29) is 18.0 Å². The number of urea groups is 1. The van der Waals surface area contributed by atoms with Crippen molar-refractivity contribution < 1.29 is 9.59 Å². The lowest BCUT2D eigenvalue weighted by atomic mass is 10.1. The Kier molecular flexibility index (Phi) is 4.80. The number of likely N-dealkylation sites (N-methyl/N-ethyl adjacent to an activating group) is 1. The summed E-state index contributed by atoms with van der Waals surface area (Å²) in [5.41, 5.74) is 1.21. The molecule has 0 radical (unpaired) electrons. The molecule has 1 atom stereocenters. The minimum Gasteiger partial charge on any atom is -0.337 e. The summed E-state index contributed by atoms with van der Waals surface area (Å²) in [4.78, 5) is 27.3. The summed E-state index contributed by atoms with van der Waals surface area (Å²) in [7, 11) is 5.17. The van der Waals surface area contributed by atoms with Crippen molar-refractivity contribution in [3.8, 4) is 0 Å². The van der Waals surface area contributed by atoms with Crippen molar-refractivity contribution in [2.75, 3.05) is 39.5 Å². The van der Waals surface area contributed by atoms with Gasteiger partial charge in [0.25, 0.3) is 5.91 Å². The van der Waals surface area contributed by atoms with Crippen LogP contribution in [0.4, 0.5) is 10.5 Å². The van der Waals surface area contributed by atoms with Crippen LogP contribution in [0.5, 0.6) is 0 Å². The highest BCUT2D eigenvalue weighted by Crippen LogP contribution is 2.15. The number of carbonyl (C=O) groups is 2. The maximum atomic E-state index is 12.5. The molecule has 21 heavy (non-hydrogen) atoms. The van der Waals surface area contributed by atoms with E-state index in [2.05, 4.69) is 10.6 Å². The fourth-order valence-corrected chi connectivity index (χ4v) is 2.30. The third kappa shape index (κ3) is 3.72. The van der Waals surface area contributed by atoms with E-state index in [9.17, 15) is 9.59 Å². The second-order valence-electron chi connectivity index (χ2n) is 5.47. The maximum Gasteiger partial charge on any atom is 0.321 e. The van der Waals surface area contributed by atoms with Crippen LogP contribution < -0.4 is 10.6 Å². The van der Waals surface area contributed by atoms with Crippen LogP contribution in [-0.2, 0) is 0 Å². The Bertz CT molecular complexity index is 524. The van der Waals surface area contributed by atoms with Crippen molar-refractivity contribution in [3.05, 3.63) is 29.8 Å². The Morgan fingerprint density at radius 1 is 1.29 bits per heavy atom. The average molecular weight is 290 g/mol. The first-order valence-corrected chi connectivity index (χ1v) is 7.05. The van der Waals surface area contributed by atoms with Crippen molar-refractivity contribution in [2.24, 2.45) is 0 Å². The summed E-state index contributed by atoms with van der Waals surface area (Å²) in [5, 5.41) is 6.00. The van der Waals surface area contributed by atoms with Gasteiger partial charge in [0, 0.05) is 45.0 Å². The molecule has 1 aromatic carbocycles. The molecule has 1 aliphatic heterocycles. The first-order chi connectivity index (χ1) is 9.99. The number of rotatable bonds is 3. The van der Waals surface area contributed by atoms with Crippen molar-refractivity contribution in [3.63, 3.8) is 0 Å². The summed E-state index contributed by atoms with van der Waals surface area (Å²) < 4.78 is 0. The van der Waals surface area contributed by atoms with Crippen LogP contribution in [0, 0.1) is 0 Å². The largest absolute Gasteiger partial charge is 0.337 e. The van der Waals surface area contributed by atoms with E-state index in [1.807, 2.05) is 7.05 Å². The molecule has 3 amide bonds. The minimum absolute atomic E-state index is 0.0235. The molecular weight excluding hydrogens is 268 g/mol. The molecule has 0 saturated carbocycles. The first kappa shape index (κ1) is 15.3. The second-order valence-corrected chi connectivity index (χ2v) is 5.47. The molecule has 0 aromatic heterocycles. The molecule has 2 rings (SSSR count). The van der Waals surface area contributed by atoms with Gasteiger partial charge in [-0.15, -0.1) is 0 Å². The molecule has 1 unspecified atom stereocenters. The number of nitrogens with one attached hydrogen (secondary N) is 2. The van der Waals surface area contributed by atoms with Crippen molar-refractivity contribution in [1.29, 1.82) is 0 Å². The number of benzene rings is 1. The predicted molar refractivity (Wildman–Crippen MR) is 82.5 cm³/mol. The van der Waals surface area contributed by atoms with E-state index in [1.165, 1.54) is 4.90 Å². The molecule has 1 heterocycles. The zero-order valence-corrected chi connectivity index (χ0v) is 12.7. The van der Waals surface area contributed by atoms with Crippen LogP contribution in [0.2, 0.25) is 0 Å². The van der Waals surface area contributed by atoms with Crippen LogP contribution >= 0.6 is 0 Å². The van der Waals surface area contributed by atoms with E-state index >= 15 is 0 Å². The lowest BCUT2D eigenvalue weighted by Gasteiger charge is -2.24. The number of anilines is 1. The van der Waals surface area contributed by atoms with Gasteiger partial charge in [0.05, 0.1) is 0 Å². The normalized spacial score (nSPS) is 17.4. The van der Waals surface area contributed by atoms with Crippen LogP contribution in [0.25, 0.3) is 0 Å². The van der Waals surface area contributed by atoms with Crippen LogP contribution in [0.1, 0.15) is 16.8 Å². The van der Waals surface area contributed by atoms with Crippen LogP contribution in [0.15, 0.2) is 24.3 Å². The molecule has 0 aliphatic carbocycles.